The van der Waals surface area contributed by atoms with Crippen LogP contribution in [0.4, 0.5) is 0 Å². The normalized spacial score (nSPS) is 26.3. The monoisotopic (exact) mass is 267 g/mol. The van der Waals surface area contributed by atoms with E-state index in [4.69, 9.17) is 0 Å². The van der Waals surface area contributed by atoms with E-state index in [1.165, 1.54) is 64.7 Å². The molecule has 2 heterocycles. The summed E-state index contributed by atoms with van der Waals surface area (Å²) in [5.74, 6) is 0.791. The van der Waals surface area contributed by atoms with Crippen molar-refractivity contribution in [1.82, 2.24) is 15.5 Å². The van der Waals surface area contributed by atoms with Gasteiger partial charge in [0.05, 0.1) is 0 Å². The van der Waals surface area contributed by atoms with E-state index in [1.807, 2.05) is 0 Å². The highest BCUT2D eigenvalue weighted by Gasteiger charge is 2.20. The highest BCUT2D eigenvalue weighted by atomic mass is 16.1. The van der Waals surface area contributed by atoms with Gasteiger partial charge < -0.3 is 15.5 Å². The van der Waals surface area contributed by atoms with Crippen LogP contribution in [0, 0.1) is 5.92 Å². The lowest BCUT2D eigenvalue weighted by atomic mass is 9.96. The largest absolute Gasteiger partial charge is 0.356 e. The summed E-state index contributed by atoms with van der Waals surface area (Å²) >= 11 is 0. The number of hydrogen-bond donors (Lipinski definition) is 2. The maximum absolute atomic E-state index is 10.9. The third-order valence-electron chi connectivity index (χ3n) is 4.55. The molecule has 2 aliphatic heterocycles. The molecule has 0 aromatic carbocycles. The average molecular weight is 267 g/mol. The molecule has 110 valence electrons. The smallest absolute Gasteiger partial charge is 0.216 e. The van der Waals surface area contributed by atoms with Crippen LogP contribution in [0.5, 0.6) is 0 Å². The first kappa shape index (κ1) is 14.8. The van der Waals surface area contributed by atoms with Gasteiger partial charge in [-0.15, -0.1) is 0 Å². The predicted octanol–water partition coefficient (Wildman–Crippen LogP) is 1.37. The van der Waals surface area contributed by atoms with Crippen LogP contribution in [0.3, 0.4) is 0 Å². The lowest BCUT2D eigenvalue weighted by molar-refractivity contribution is -0.119. The Bertz CT molecular complexity index is 269. The molecular formula is C15H29N3O. The van der Waals surface area contributed by atoms with E-state index < -0.39 is 0 Å². The fourth-order valence-corrected chi connectivity index (χ4v) is 3.21. The average Bonchev–Trinajstić information content (AvgIpc) is 2.45. The number of rotatable bonds is 5. The molecule has 2 rings (SSSR count). The van der Waals surface area contributed by atoms with Crippen LogP contribution in [0.2, 0.25) is 0 Å². The van der Waals surface area contributed by atoms with Crippen molar-refractivity contribution in [2.45, 2.75) is 51.5 Å². The summed E-state index contributed by atoms with van der Waals surface area (Å²) in [7, 11) is 0. The molecule has 0 spiro atoms. The van der Waals surface area contributed by atoms with Crippen LogP contribution in [0.1, 0.15) is 45.4 Å². The molecule has 0 radical (unpaired) electrons. The number of amides is 1. The van der Waals surface area contributed by atoms with Gasteiger partial charge in [-0.25, -0.2) is 0 Å². The first-order valence-corrected chi connectivity index (χ1v) is 7.94. The van der Waals surface area contributed by atoms with E-state index in [1.54, 1.807) is 6.92 Å². The summed E-state index contributed by atoms with van der Waals surface area (Å²) in [5.41, 5.74) is 0. The van der Waals surface area contributed by atoms with Gasteiger partial charge in [0.15, 0.2) is 0 Å². The number of carbonyl (C=O) groups excluding carboxylic acids is 1. The Morgan fingerprint density at radius 1 is 1.26 bits per heavy atom. The molecule has 1 amide bonds. The van der Waals surface area contributed by atoms with Crippen LogP contribution < -0.4 is 10.6 Å². The van der Waals surface area contributed by atoms with Gasteiger partial charge in [0.1, 0.15) is 0 Å². The van der Waals surface area contributed by atoms with E-state index in [9.17, 15) is 4.79 Å². The summed E-state index contributed by atoms with van der Waals surface area (Å²) in [6.07, 6.45) is 7.88. The van der Waals surface area contributed by atoms with Crippen molar-refractivity contribution < 1.29 is 4.79 Å². The lowest BCUT2D eigenvalue weighted by Crippen LogP contribution is -2.41. The molecule has 0 saturated carbocycles. The molecule has 0 aliphatic carbocycles. The van der Waals surface area contributed by atoms with Crippen molar-refractivity contribution in [3.8, 4) is 0 Å². The Labute approximate surface area is 117 Å². The Morgan fingerprint density at radius 2 is 2.05 bits per heavy atom. The van der Waals surface area contributed by atoms with Gasteiger partial charge in [0.2, 0.25) is 5.91 Å². The molecule has 2 aliphatic rings. The molecule has 2 saturated heterocycles. The maximum Gasteiger partial charge on any atom is 0.216 e. The number of piperidine rings is 2. The minimum atomic E-state index is 0.103. The first-order valence-electron chi connectivity index (χ1n) is 7.94. The van der Waals surface area contributed by atoms with Crippen LogP contribution in [0.25, 0.3) is 0 Å². The van der Waals surface area contributed by atoms with Crippen molar-refractivity contribution in [3.05, 3.63) is 0 Å². The summed E-state index contributed by atoms with van der Waals surface area (Å²) in [4.78, 5) is 13.5. The molecule has 0 bridgehead atoms. The second-order valence-electron chi connectivity index (χ2n) is 6.16. The number of nitrogens with zero attached hydrogens (tertiary/aromatic N) is 1. The summed E-state index contributed by atoms with van der Waals surface area (Å²) in [6, 6.07) is 0.755. The van der Waals surface area contributed by atoms with Gasteiger partial charge in [-0.2, -0.15) is 0 Å². The number of nitrogens with one attached hydrogen (secondary N) is 2. The van der Waals surface area contributed by atoms with E-state index >= 15 is 0 Å². The standard InChI is InChI=1S/C15H29N3O/c1-13(19)17-12-14-5-9-18(10-6-14)11-7-15-4-2-3-8-16-15/h14-16H,2-12H2,1H3,(H,17,19). The highest BCUT2D eigenvalue weighted by molar-refractivity contribution is 5.72. The molecule has 1 unspecified atom stereocenters. The van der Waals surface area contributed by atoms with Crippen molar-refractivity contribution in [2.24, 2.45) is 5.92 Å². The molecule has 1 atom stereocenters. The van der Waals surface area contributed by atoms with Gasteiger partial charge in [0, 0.05) is 19.5 Å². The molecule has 19 heavy (non-hydrogen) atoms. The Morgan fingerprint density at radius 3 is 2.68 bits per heavy atom. The Balaban J connectivity index is 1.56. The maximum atomic E-state index is 10.9. The zero-order valence-corrected chi connectivity index (χ0v) is 12.3. The van der Waals surface area contributed by atoms with E-state index in [-0.39, 0.29) is 5.91 Å². The summed E-state index contributed by atoms with van der Waals surface area (Å²) in [6.45, 7) is 7.33. The number of hydrogen-bond acceptors (Lipinski definition) is 3. The van der Waals surface area contributed by atoms with E-state index in [0.717, 1.165) is 12.6 Å². The predicted molar refractivity (Wildman–Crippen MR) is 78.1 cm³/mol. The van der Waals surface area contributed by atoms with Gasteiger partial charge >= 0.3 is 0 Å². The molecule has 4 heteroatoms. The van der Waals surface area contributed by atoms with Crippen LogP contribution >= 0.6 is 0 Å². The van der Waals surface area contributed by atoms with Crippen molar-refractivity contribution in [2.75, 3.05) is 32.7 Å². The summed E-state index contributed by atoms with van der Waals surface area (Å²) in [5, 5.41) is 6.57. The summed E-state index contributed by atoms with van der Waals surface area (Å²) < 4.78 is 0. The third kappa shape index (κ3) is 5.49. The third-order valence-corrected chi connectivity index (χ3v) is 4.55. The van der Waals surface area contributed by atoms with Crippen molar-refractivity contribution in [1.29, 1.82) is 0 Å². The zero-order chi connectivity index (χ0) is 13.5. The van der Waals surface area contributed by atoms with Gasteiger partial charge in [-0.1, -0.05) is 6.42 Å². The first-order chi connectivity index (χ1) is 9.24. The van der Waals surface area contributed by atoms with Gasteiger partial charge in [0.25, 0.3) is 0 Å². The minimum Gasteiger partial charge on any atom is -0.356 e. The van der Waals surface area contributed by atoms with Crippen molar-refractivity contribution >= 4 is 5.91 Å². The fourth-order valence-electron chi connectivity index (χ4n) is 3.21. The minimum absolute atomic E-state index is 0.103. The fraction of sp³-hybridized carbons (Fsp3) is 0.933. The molecule has 2 N–H and O–H groups in total. The topological polar surface area (TPSA) is 44.4 Å². The van der Waals surface area contributed by atoms with Gasteiger partial charge in [-0.3, -0.25) is 4.79 Å². The molecule has 2 fully saturated rings. The van der Waals surface area contributed by atoms with Crippen LogP contribution in [-0.4, -0.2) is 49.6 Å². The Kier molecular flexibility index (Phi) is 6.11. The Hall–Kier alpha value is -0.610. The zero-order valence-electron chi connectivity index (χ0n) is 12.3. The van der Waals surface area contributed by atoms with E-state index in [2.05, 4.69) is 15.5 Å². The second kappa shape index (κ2) is 7.85. The van der Waals surface area contributed by atoms with Crippen molar-refractivity contribution in [3.63, 3.8) is 0 Å². The SMILES string of the molecule is CC(=O)NCC1CCN(CCC2CCCCN2)CC1. The second-order valence-corrected chi connectivity index (χ2v) is 6.16. The molecule has 0 aromatic rings. The molecule has 4 nitrogen and oxygen atoms in total. The quantitative estimate of drug-likeness (QED) is 0.791. The number of likely N-dealkylation sites (tertiary alicyclic amines) is 1. The highest BCUT2D eigenvalue weighted by Crippen LogP contribution is 2.18. The van der Waals surface area contributed by atoms with Crippen LogP contribution in [0.15, 0.2) is 0 Å². The van der Waals surface area contributed by atoms with E-state index in [0.29, 0.717) is 5.92 Å². The molecular weight excluding hydrogens is 238 g/mol. The van der Waals surface area contributed by atoms with Crippen LogP contribution in [-0.2, 0) is 4.79 Å². The molecule has 0 aromatic heterocycles. The van der Waals surface area contributed by atoms with Gasteiger partial charge in [-0.05, 0) is 64.2 Å². The number of carbonyl (C=O) groups is 1. The lowest BCUT2D eigenvalue weighted by Gasteiger charge is -2.33.